The molecule has 0 amide bonds. The Morgan fingerprint density at radius 3 is 2.36 bits per heavy atom. The third-order valence-electron chi connectivity index (χ3n) is 9.07. The van der Waals surface area contributed by atoms with Crippen molar-refractivity contribution in [2.75, 3.05) is 0 Å². The number of fused-ring (bicyclic) bond motifs is 5. The maximum Gasteiger partial charge on any atom is 0.133 e. The lowest BCUT2D eigenvalue weighted by molar-refractivity contribution is -0.133. The molecule has 0 aromatic rings. The van der Waals surface area contributed by atoms with Gasteiger partial charge in [0.15, 0.2) is 0 Å². The lowest BCUT2D eigenvalue weighted by Gasteiger charge is -2.60. The fraction of sp³-hybridized carbons (Fsp3) is 0.952. The van der Waals surface area contributed by atoms with E-state index in [1.54, 1.807) is 0 Å². The summed E-state index contributed by atoms with van der Waals surface area (Å²) in [7, 11) is 0. The van der Waals surface area contributed by atoms with Gasteiger partial charge in [0.05, 0.1) is 0 Å². The zero-order chi connectivity index (χ0) is 15.5. The lowest BCUT2D eigenvalue weighted by atomic mass is 9.45. The maximum atomic E-state index is 12.2. The van der Waals surface area contributed by atoms with E-state index in [2.05, 4.69) is 13.8 Å². The van der Waals surface area contributed by atoms with Crippen molar-refractivity contribution in [2.24, 2.45) is 40.4 Å². The van der Waals surface area contributed by atoms with Crippen molar-refractivity contribution < 1.29 is 4.79 Å². The molecule has 0 aliphatic heterocycles. The SMILES string of the molecule is CC(=O)[C@H]1CCC2[C@@H]3CC[C@H]4CCCC[C@]4(C)[C@H]3CC[C@@]21C. The molecular weight excluding hydrogens is 268 g/mol. The molecule has 4 rings (SSSR count). The third kappa shape index (κ3) is 1.93. The molecule has 0 aromatic carbocycles. The topological polar surface area (TPSA) is 17.1 Å². The van der Waals surface area contributed by atoms with Crippen LogP contribution in [0.25, 0.3) is 0 Å². The molecule has 0 heterocycles. The van der Waals surface area contributed by atoms with Crippen molar-refractivity contribution in [3.05, 3.63) is 0 Å². The first kappa shape index (κ1) is 15.2. The molecule has 1 nitrogen and oxygen atoms in total. The molecule has 0 saturated heterocycles. The molecule has 22 heavy (non-hydrogen) atoms. The van der Waals surface area contributed by atoms with Gasteiger partial charge in [-0.05, 0) is 92.8 Å². The molecule has 124 valence electrons. The fourth-order valence-corrected chi connectivity index (χ4v) is 7.96. The number of Topliss-reactive ketones (excluding diaryl/α,β-unsaturated/α-hetero) is 1. The highest BCUT2D eigenvalue weighted by atomic mass is 16.1. The van der Waals surface area contributed by atoms with E-state index in [1.807, 2.05) is 6.92 Å². The molecule has 4 fully saturated rings. The Morgan fingerprint density at radius 2 is 1.59 bits per heavy atom. The van der Waals surface area contributed by atoms with Crippen LogP contribution in [0.2, 0.25) is 0 Å². The summed E-state index contributed by atoms with van der Waals surface area (Å²) >= 11 is 0. The highest BCUT2D eigenvalue weighted by Crippen LogP contribution is 2.67. The summed E-state index contributed by atoms with van der Waals surface area (Å²) in [6.07, 6.45) is 14.1. The van der Waals surface area contributed by atoms with E-state index in [0.717, 1.165) is 23.7 Å². The van der Waals surface area contributed by atoms with Gasteiger partial charge in [0.1, 0.15) is 5.78 Å². The first-order valence-electron chi connectivity index (χ1n) is 9.97. The molecule has 0 spiro atoms. The molecule has 4 aliphatic rings. The van der Waals surface area contributed by atoms with Crippen molar-refractivity contribution in [3.63, 3.8) is 0 Å². The minimum absolute atomic E-state index is 0.338. The largest absolute Gasteiger partial charge is 0.300 e. The second-order valence-electron chi connectivity index (χ2n) is 9.69. The van der Waals surface area contributed by atoms with Gasteiger partial charge in [-0.25, -0.2) is 0 Å². The Labute approximate surface area is 136 Å². The minimum atomic E-state index is 0.338. The van der Waals surface area contributed by atoms with E-state index >= 15 is 0 Å². The highest BCUT2D eigenvalue weighted by Gasteiger charge is 2.60. The van der Waals surface area contributed by atoms with Crippen LogP contribution in [0.5, 0.6) is 0 Å². The van der Waals surface area contributed by atoms with Crippen LogP contribution in [0, 0.1) is 40.4 Å². The zero-order valence-electron chi connectivity index (χ0n) is 14.9. The van der Waals surface area contributed by atoms with Crippen LogP contribution >= 0.6 is 0 Å². The van der Waals surface area contributed by atoms with Crippen LogP contribution in [-0.2, 0) is 4.79 Å². The third-order valence-corrected chi connectivity index (χ3v) is 9.07. The maximum absolute atomic E-state index is 12.2. The average molecular weight is 303 g/mol. The van der Waals surface area contributed by atoms with Crippen LogP contribution in [0.15, 0.2) is 0 Å². The molecule has 0 aromatic heterocycles. The monoisotopic (exact) mass is 302 g/mol. The van der Waals surface area contributed by atoms with Gasteiger partial charge in [0.2, 0.25) is 0 Å². The summed E-state index contributed by atoms with van der Waals surface area (Å²) in [5, 5.41) is 0. The molecule has 0 N–H and O–H groups in total. The van der Waals surface area contributed by atoms with Crippen LogP contribution in [-0.4, -0.2) is 5.78 Å². The van der Waals surface area contributed by atoms with Gasteiger partial charge in [0, 0.05) is 5.92 Å². The summed E-state index contributed by atoms with van der Waals surface area (Å²) in [6, 6.07) is 0. The minimum Gasteiger partial charge on any atom is -0.300 e. The van der Waals surface area contributed by atoms with Gasteiger partial charge < -0.3 is 0 Å². The Kier molecular flexibility index (Phi) is 3.51. The number of carbonyl (C=O) groups excluding carboxylic acids is 1. The predicted octanol–water partition coefficient (Wildman–Crippen LogP) is 5.62. The molecule has 1 heteroatoms. The first-order valence-corrected chi connectivity index (χ1v) is 9.97. The van der Waals surface area contributed by atoms with E-state index in [9.17, 15) is 4.79 Å². The molecule has 0 radical (unpaired) electrons. The number of hydrogen-bond donors (Lipinski definition) is 0. The number of carbonyl (C=O) groups is 1. The lowest BCUT2D eigenvalue weighted by Crippen LogP contribution is -2.53. The molecule has 0 bridgehead atoms. The number of rotatable bonds is 1. The second kappa shape index (κ2) is 5.08. The van der Waals surface area contributed by atoms with Gasteiger partial charge in [-0.2, -0.15) is 0 Å². The van der Waals surface area contributed by atoms with Gasteiger partial charge in [-0.3, -0.25) is 4.79 Å². The van der Waals surface area contributed by atoms with E-state index < -0.39 is 0 Å². The normalized spacial score (nSPS) is 54.2. The summed E-state index contributed by atoms with van der Waals surface area (Å²) in [5.74, 6) is 4.60. The Morgan fingerprint density at radius 1 is 0.818 bits per heavy atom. The second-order valence-corrected chi connectivity index (χ2v) is 9.69. The van der Waals surface area contributed by atoms with Crippen LogP contribution in [0.1, 0.15) is 85.0 Å². The zero-order valence-corrected chi connectivity index (χ0v) is 14.9. The van der Waals surface area contributed by atoms with Crippen molar-refractivity contribution in [2.45, 2.75) is 85.0 Å². The fourth-order valence-electron chi connectivity index (χ4n) is 7.96. The van der Waals surface area contributed by atoms with Crippen molar-refractivity contribution in [1.82, 2.24) is 0 Å². The van der Waals surface area contributed by atoms with Crippen molar-refractivity contribution >= 4 is 5.78 Å². The van der Waals surface area contributed by atoms with Gasteiger partial charge in [-0.15, -0.1) is 0 Å². The summed E-state index contributed by atoms with van der Waals surface area (Å²) in [6.45, 7) is 6.97. The Bertz CT molecular complexity index is 469. The molecule has 1 unspecified atom stereocenters. The molecule has 4 aliphatic carbocycles. The van der Waals surface area contributed by atoms with E-state index in [1.165, 1.54) is 64.2 Å². The smallest absolute Gasteiger partial charge is 0.133 e. The van der Waals surface area contributed by atoms with Crippen LogP contribution in [0.4, 0.5) is 0 Å². The molecular formula is C21H34O. The van der Waals surface area contributed by atoms with E-state index in [4.69, 9.17) is 0 Å². The van der Waals surface area contributed by atoms with Crippen molar-refractivity contribution in [1.29, 1.82) is 0 Å². The van der Waals surface area contributed by atoms with E-state index in [-0.39, 0.29) is 0 Å². The Hall–Kier alpha value is -0.330. The summed E-state index contributed by atoms with van der Waals surface area (Å²) in [4.78, 5) is 12.2. The Balaban J connectivity index is 1.63. The number of ketones is 1. The quantitative estimate of drug-likeness (QED) is 0.614. The van der Waals surface area contributed by atoms with Gasteiger partial charge >= 0.3 is 0 Å². The van der Waals surface area contributed by atoms with Crippen LogP contribution < -0.4 is 0 Å². The van der Waals surface area contributed by atoms with Crippen LogP contribution in [0.3, 0.4) is 0 Å². The summed E-state index contributed by atoms with van der Waals surface area (Å²) < 4.78 is 0. The standard InChI is InChI=1S/C21H34O/c1-14(22)17-9-10-18-16-8-7-15-6-4-5-12-20(15,2)19(16)11-13-21(17,18)3/h15-19H,4-13H2,1-3H3/t15-,16+,17-,18?,19+,20+,21-/m1/s1. The van der Waals surface area contributed by atoms with E-state index in [0.29, 0.717) is 22.5 Å². The highest BCUT2D eigenvalue weighted by molar-refractivity contribution is 5.79. The first-order chi connectivity index (χ1) is 10.5. The molecule has 4 saturated carbocycles. The van der Waals surface area contributed by atoms with Gasteiger partial charge in [0.25, 0.3) is 0 Å². The predicted molar refractivity (Wildman–Crippen MR) is 90.5 cm³/mol. The van der Waals surface area contributed by atoms with Gasteiger partial charge in [-0.1, -0.05) is 26.7 Å². The van der Waals surface area contributed by atoms with Crippen molar-refractivity contribution in [3.8, 4) is 0 Å². The number of hydrogen-bond acceptors (Lipinski definition) is 1. The molecule has 7 atom stereocenters. The summed E-state index contributed by atoms with van der Waals surface area (Å²) in [5.41, 5.74) is 0.974. The average Bonchev–Trinajstić information content (AvgIpc) is 2.84.